The van der Waals surface area contributed by atoms with Gasteiger partial charge in [0.15, 0.2) is 24.6 Å². The van der Waals surface area contributed by atoms with Gasteiger partial charge in [0.1, 0.15) is 18.8 Å². The summed E-state index contributed by atoms with van der Waals surface area (Å²) in [5.41, 5.74) is 0. The second-order valence-electron chi connectivity index (χ2n) is 22.0. The Kier molecular flexibility index (Phi) is 50.1. The maximum absolute atomic E-state index is 13.2. The Hall–Kier alpha value is -3.06. The van der Waals surface area contributed by atoms with Crippen molar-refractivity contribution in [3.8, 4) is 0 Å². The molecule has 1 rings (SSSR count). The number of carbonyl (C=O) groups is 4. The third-order valence-corrected chi connectivity index (χ3v) is 14.7. The number of carboxylic acids is 1. The van der Waals surface area contributed by atoms with Crippen LogP contribution in [-0.2, 0) is 42.9 Å². The molecule has 448 valence electrons. The van der Waals surface area contributed by atoms with E-state index >= 15 is 0 Å². The van der Waals surface area contributed by atoms with Gasteiger partial charge in [0.25, 0.3) is 0 Å². The van der Waals surface area contributed by atoms with Crippen molar-refractivity contribution in [1.29, 1.82) is 0 Å². The largest absolute Gasteiger partial charge is 0.479 e. The summed E-state index contributed by atoms with van der Waals surface area (Å²) in [6, 6.07) is 0. The Morgan fingerprint density at radius 2 is 0.805 bits per heavy atom. The van der Waals surface area contributed by atoms with Gasteiger partial charge in [0.2, 0.25) is 0 Å². The minimum absolute atomic E-state index is 0.0469. The maximum atomic E-state index is 13.2. The standard InChI is InChI=1S/C65H116O12/c1-4-7-10-13-16-19-22-25-27-29-31-34-36-39-42-45-48-51-57(66)73-54-56(75-58(67)52-49-46-43-40-38-35-32-30-28-26-23-20-17-14-11-8-5-2)55-74-65-63(61(70)60(69)62(77-65)64(71)72)76-59(68)53-50-47-44-41-37-33-24-21-18-15-12-9-6-3/h12,15,21,24-25,27,56,60-63,65,69-70H,4-11,13-14,16-20,22-23,26,28-55H2,1-3H3,(H,71,72)/b15-12-,24-21-,27-25-. The molecule has 77 heavy (non-hydrogen) atoms. The maximum Gasteiger partial charge on any atom is 0.335 e. The van der Waals surface area contributed by atoms with E-state index in [1.165, 1.54) is 148 Å². The first-order valence-corrected chi connectivity index (χ1v) is 32.0. The highest BCUT2D eigenvalue weighted by Crippen LogP contribution is 2.27. The van der Waals surface area contributed by atoms with Crippen LogP contribution in [-0.4, -0.2) is 89.2 Å². The number of hydrogen-bond donors (Lipinski definition) is 3. The average molecular weight is 1090 g/mol. The Morgan fingerprint density at radius 1 is 0.429 bits per heavy atom. The smallest absolute Gasteiger partial charge is 0.335 e. The number of rotatable bonds is 55. The summed E-state index contributed by atoms with van der Waals surface area (Å²) in [6.07, 6.45) is 51.1. The molecule has 3 N–H and O–H groups in total. The van der Waals surface area contributed by atoms with Gasteiger partial charge in [-0.15, -0.1) is 0 Å². The summed E-state index contributed by atoms with van der Waals surface area (Å²) in [5.74, 6) is -3.11. The molecule has 1 aliphatic rings. The Labute approximate surface area is 470 Å². The zero-order chi connectivity index (χ0) is 56.1. The normalized spacial score (nSPS) is 18.2. The summed E-state index contributed by atoms with van der Waals surface area (Å²) < 4.78 is 28.5. The lowest BCUT2D eigenvalue weighted by molar-refractivity contribution is -0.301. The van der Waals surface area contributed by atoms with Crippen molar-refractivity contribution in [2.24, 2.45) is 0 Å². The number of esters is 3. The van der Waals surface area contributed by atoms with Crippen LogP contribution in [0.1, 0.15) is 303 Å². The second kappa shape index (κ2) is 53.6. The predicted octanol–water partition coefficient (Wildman–Crippen LogP) is 16.8. The van der Waals surface area contributed by atoms with Crippen LogP contribution in [0.2, 0.25) is 0 Å². The van der Waals surface area contributed by atoms with E-state index in [9.17, 15) is 34.5 Å². The lowest BCUT2D eigenvalue weighted by atomic mass is 9.98. The third-order valence-electron chi connectivity index (χ3n) is 14.7. The predicted molar refractivity (Wildman–Crippen MR) is 313 cm³/mol. The molecule has 0 bridgehead atoms. The zero-order valence-corrected chi connectivity index (χ0v) is 49.5. The molecule has 12 nitrogen and oxygen atoms in total. The highest BCUT2D eigenvalue weighted by Gasteiger charge is 2.50. The molecule has 0 saturated carbocycles. The van der Waals surface area contributed by atoms with E-state index in [0.29, 0.717) is 19.3 Å². The number of allylic oxidation sites excluding steroid dienone is 6. The molecule has 0 aromatic heterocycles. The van der Waals surface area contributed by atoms with Gasteiger partial charge in [-0.1, -0.05) is 250 Å². The lowest BCUT2D eigenvalue weighted by Crippen LogP contribution is -2.61. The number of aliphatic hydroxyl groups is 2. The number of carboxylic acid groups (broad SMARTS) is 1. The topological polar surface area (TPSA) is 175 Å². The van der Waals surface area contributed by atoms with E-state index in [2.05, 4.69) is 57.2 Å². The van der Waals surface area contributed by atoms with Crippen LogP contribution in [0.3, 0.4) is 0 Å². The Morgan fingerprint density at radius 3 is 1.23 bits per heavy atom. The van der Waals surface area contributed by atoms with Crippen LogP contribution in [0, 0.1) is 0 Å². The highest BCUT2D eigenvalue weighted by atomic mass is 16.7. The number of ether oxygens (including phenoxy) is 5. The Bertz CT molecular complexity index is 1480. The summed E-state index contributed by atoms with van der Waals surface area (Å²) in [7, 11) is 0. The average Bonchev–Trinajstić information content (AvgIpc) is 3.42. The number of hydrogen-bond acceptors (Lipinski definition) is 11. The van der Waals surface area contributed by atoms with Gasteiger partial charge in [0, 0.05) is 19.3 Å². The van der Waals surface area contributed by atoms with Gasteiger partial charge in [-0.05, 0) is 70.6 Å². The number of aliphatic carboxylic acids is 1. The minimum atomic E-state index is -1.91. The molecular formula is C65H116O12. The summed E-state index contributed by atoms with van der Waals surface area (Å²) in [5, 5.41) is 31.5. The van der Waals surface area contributed by atoms with Crippen LogP contribution >= 0.6 is 0 Å². The first kappa shape index (κ1) is 72.0. The van der Waals surface area contributed by atoms with Gasteiger partial charge in [-0.2, -0.15) is 0 Å². The van der Waals surface area contributed by atoms with E-state index in [0.717, 1.165) is 96.3 Å². The summed E-state index contributed by atoms with van der Waals surface area (Å²) in [6.45, 7) is 5.96. The van der Waals surface area contributed by atoms with Gasteiger partial charge >= 0.3 is 23.9 Å². The van der Waals surface area contributed by atoms with Gasteiger partial charge < -0.3 is 39.0 Å². The Balaban J connectivity index is 2.66. The fraction of sp³-hybridized carbons (Fsp3) is 0.846. The minimum Gasteiger partial charge on any atom is -0.479 e. The third kappa shape index (κ3) is 43.4. The van der Waals surface area contributed by atoms with E-state index in [1.807, 2.05) is 0 Å². The van der Waals surface area contributed by atoms with Crippen LogP contribution in [0.5, 0.6) is 0 Å². The van der Waals surface area contributed by atoms with Crippen molar-refractivity contribution in [1.82, 2.24) is 0 Å². The molecule has 0 aromatic carbocycles. The molecule has 6 unspecified atom stereocenters. The molecule has 0 aliphatic carbocycles. The molecule has 6 atom stereocenters. The van der Waals surface area contributed by atoms with E-state index < -0.39 is 67.3 Å². The highest BCUT2D eigenvalue weighted by molar-refractivity contribution is 5.74. The molecule has 0 radical (unpaired) electrons. The van der Waals surface area contributed by atoms with Crippen molar-refractivity contribution >= 4 is 23.9 Å². The van der Waals surface area contributed by atoms with E-state index in [-0.39, 0.29) is 25.9 Å². The zero-order valence-electron chi connectivity index (χ0n) is 49.5. The molecule has 1 heterocycles. The quantitative estimate of drug-likeness (QED) is 0.0228. The van der Waals surface area contributed by atoms with Crippen LogP contribution in [0.15, 0.2) is 36.5 Å². The fourth-order valence-corrected chi connectivity index (χ4v) is 9.76. The van der Waals surface area contributed by atoms with E-state index in [4.69, 9.17) is 23.7 Å². The molecule has 12 heteroatoms. The van der Waals surface area contributed by atoms with Crippen LogP contribution < -0.4 is 0 Å². The van der Waals surface area contributed by atoms with Gasteiger partial charge in [-0.3, -0.25) is 14.4 Å². The van der Waals surface area contributed by atoms with Gasteiger partial charge in [-0.25, -0.2) is 4.79 Å². The molecule has 1 fully saturated rings. The number of unbranched alkanes of at least 4 members (excludes halogenated alkanes) is 35. The van der Waals surface area contributed by atoms with Crippen molar-refractivity contribution in [3.63, 3.8) is 0 Å². The van der Waals surface area contributed by atoms with Crippen molar-refractivity contribution in [3.05, 3.63) is 36.5 Å². The van der Waals surface area contributed by atoms with Crippen LogP contribution in [0.4, 0.5) is 0 Å². The molecule has 1 saturated heterocycles. The summed E-state index contributed by atoms with van der Waals surface area (Å²) in [4.78, 5) is 51.2. The van der Waals surface area contributed by atoms with E-state index in [1.54, 1.807) is 0 Å². The molecule has 1 aliphatic heterocycles. The molecular weight excluding hydrogens is 973 g/mol. The summed E-state index contributed by atoms with van der Waals surface area (Å²) >= 11 is 0. The molecule has 0 spiro atoms. The first-order chi connectivity index (χ1) is 37.6. The molecule has 0 aromatic rings. The van der Waals surface area contributed by atoms with Crippen molar-refractivity contribution in [2.45, 2.75) is 340 Å². The first-order valence-electron chi connectivity index (χ1n) is 32.0. The molecule has 0 amide bonds. The number of carbonyl (C=O) groups excluding carboxylic acids is 3. The van der Waals surface area contributed by atoms with Crippen molar-refractivity contribution in [2.75, 3.05) is 13.2 Å². The second-order valence-corrected chi connectivity index (χ2v) is 22.0. The fourth-order valence-electron chi connectivity index (χ4n) is 9.76. The SMILES string of the molecule is CCC/C=C\C/C=C\CCCCCCCC(=O)OC1C(OCC(COC(=O)CCCCCCCCC/C=C\CCCCCCCC)OC(=O)CCCCCCCCCCCCCCCCCCC)OC(C(=O)O)C(O)C1O. The van der Waals surface area contributed by atoms with Gasteiger partial charge in [0.05, 0.1) is 6.61 Å². The van der Waals surface area contributed by atoms with Crippen LogP contribution in [0.25, 0.3) is 0 Å². The monoisotopic (exact) mass is 1090 g/mol. The van der Waals surface area contributed by atoms with Crippen molar-refractivity contribution < 1.29 is 58.2 Å². The number of aliphatic hydroxyl groups excluding tert-OH is 2. The lowest BCUT2D eigenvalue weighted by Gasteiger charge is -2.40.